The monoisotopic (exact) mass is 193 g/mol. The lowest BCUT2D eigenvalue weighted by atomic mass is 10.3. The molecule has 0 atom stereocenters. The van der Waals surface area contributed by atoms with Gasteiger partial charge < -0.3 is 5.73 Å². The summed E-state index contributed by atoms with van der Waals surface area (Å²) in [7, 11) is 0. The number of nitrogens with zero attached hydrogens (tertiary/aromatic N) is 1. The zero-order valence-corrected chi connectivity index (χ0v) is 7.20. The number of hydrogen-bond donors (Lipinski definition) is 2. The van der Waals surface area contributed by atoms with Crippen LogP contribution in [0.5, 0.6) is 0 Å². The average Bonchev–Trinajstić information content (AvgIpc) is 2.50. The Balaban J connectivity index is 2.55. The number of hydrogen-bond acceptors (Lipinski definition) is 2. The highest BCUT2D eigenvalue weighted by Crippen LogP contribution is 2.06. The van der Waals surface area contributed by atoms with E-state index in [9.17, 15) is 9.18 Å². The number of nitrogens with one attached hydrogen (secondary N) is 1. The summed E-state index contributed by atoms with van der Waals surface area (Å²) in [6, 6.07) is 5.54. The highest BCUT2D eigenvalue weighted by Gasteiger charge is 2.03. The Morgan fingerprint density at radius 3 is 2.43 bits per heavy atom. The van der Waals surface area contributed by atoms with Crippen LogP contribution < -0.4 is 11.3 Å². The topological polar surface area (TPSA) is 63.8 Å². The van der Waals surface area contributed by atoms with Crippen molar-refractivity contribution in [1.29, 1.82) is 0 Å². The minimum Gasteiger partial charge on any atom is -0.393 e. The van der Waals surface area contributed by atoms with Crippen LogP contribution in [0.15, 0.2) is 35.3 Å². The molecular weight excluding hydrogens is 185 g/mol. The zero-order valence-electron chi connectivity index (χ0n) is 7.20. The summed E-state index contributed by atoms with van der Waals surface area (Å²) in [4.78, 5) is 11.4. The largest absolute Gasteiger partial charge is 0.393 e. The summed E-state index contributed by atoms with van der Waals surface area (Å²) < 4.78 is 13.8. The molecule has 0 aliphatic heterocycles. The molecule has 1 aromatic carbocycles. The van der Waals surface area contributed by atoms with E-state index in [4.69, 9.17) is 5.73 Å². The predicted molar refractivity (Wildman–Crippen MR) is 50.8 cm³/mol. The maximum absolute atomic E-state index is 12.6. The molecule has 0 fully saturated rings. The van der Waals surface area contributed by atoms with Gasteiger partial charge in [0, 0.05) is 6.20 Å². The molecule has 0 saturated heterocycles. The molecule has 2 aromatic rings. The van der Waals surface area contributed by atoms with Crippen LogP contribution in [0.4, 0.5) is 10.1 Å². The van der Waals surface area contributed by atoms with Crippen molar-refractivity contribution in [3.63, 3.8) is 0 Å². The van der Waals surface area contributed by atoms with Gasteiger partial charge in [-0.25, -0.2) is 9.07 Å². The third kappa shape index (κ3) is 1.28. The number of benzene rings is 1. The molecule has 3 N–H and O–H groups in total. The van der Waals surface area contributed by atoms with Gasteiger partial charge in [0.15, 0.2) is 0 Å². The molecule has 14 heavy (non-hydrogen) atoms. The van der Waals surface area contributed by atoms with Crippen molar-refractivity contribution in [2.75, 3.05) is 5.73 Å². The van der Waals surface area contributed by atoms with Crippen molar-refractivity contribution < 1.29 is 4.39 Å². The number of halogens is 1. The smallest absolute Gasteiger partial charge is 0.294 e. The molecule has 0 bridgehead atoms. The lowest BCUT2D eigenvalue weighted by molar-refractivity contribution is 0.627. The van der Waals surface area contributed by atoms with Crippen molar-refractivity contribution in [3.8, 4) is 5.69 Å². The molecule has 0 radical (unpaired) electrons. The van der Waals surface area contributed by atoms with Gasteiger partial charge in [-0.2, -0.15) is 0 Å². The van der Waals surface area contributed by atoms with Crippen molar-refractivity contribution in [3.05, 3.63) is 46.6 Å². The van der Waals surface area contributed by atoms with E-state index in [0.717, 1.165) is 0 Å². The van der Waals surface area contributed by atoms with Crippen LogP contribution in [0, 0.1) is 5.82 Å². The Hall–Kier alpha value is -2.04. The van der Waals surface area contributed by atoms with Crippen molar-refractivity contribution in [1.82, 2.24) is 9.78 Å². The second kappa shape index (κ2) is 3.02. The van der Waals surface area contributed by atoms with E-state index >= 15 is 0 Å². The van der Waals surface area contributed by atoms with E-state index in [1.807, 2.05) is 0 Å². The van der Waals surface area contributed by atoms with Crippen LogP contribution in [0.25, 0.3) is 5.69 Å². The fourth-order valence-electron chi connectivity index (χ4n) is 1.17. The summed E-state index contributed by atoms with van der Waals surface area (Å²) in [5.41, 5.74) is 5.72. The van der Waals surface area contributed by atoms with E-state index < -0.39 is 0 Å². The minimum atomic E-state index is -0.346. The minimum absolute atomic E-state index is 0.134. The van der Waals surface area contributed by atoms with Gasteiger partial charge in [0.25, 0.3) is 5.56 Å². The first kappa shape index (κ1) is 8.55. The third-order valence-electron chi connectivity index (χ3n) is 1.88. The summed E-state index contributed by atoms with van der Waals surface area (Å²) >= 11 is 0. The van der Waals surface area contributed by atoms with Crippen molar-refractivity contribution in [2.24, 2.45) is 0 Å². The number of H-pyrrole nitrogens is 1. The van der Waals surface area contributed by atoms with Gasteiger partial charge in [0.2, 0.25) is 0 Å². The Morgan fingerprint density at radius 2 is 1.93 bits per heavy atom. The fraction of sp³-hybridized carbons (Fsp3) is 0. The molecular formula is C9H8FN3O. The fourth-order valence-corrected chi connectivity index (χ4v) is 1.17. The van der Waals surface area contributed by atoms with Crippen molar-refractivity contribution >= 4 is 5.69 Å². The lowest BCUT2D eigenvalue weighted by Crippen LogP contribution is -2.16. The molecule has 0 unspecified atom stereocenters. The first-order valence-corrected chi connectivity index (χ1v) is 4.00. The summed E-state index contributed by atoms with van der Waals surface area (Å²) in [5, 5.41) is 2.67. The van der Waals surface area contributed by atoms with Gasteiger partial charge in [0.1, 0.15) is 11.5 Å². The van der Waals surface area contributed by atoms with Crippen molar-refractivity contribution in [2.45, 2.75) is 0 Å². The van der Waals surface area contributed by atoms with Crippen LogP contribution in [-0.2, 0) is 0 Å². The number of anilines is 1. The molecule has 1 aromatic heterocycles. The molecule has 4 nitrogen and oxygen atoms in total. The van der Waals surface area contributed by atoms with Gasteiger partial charge in [-0.05, 0) is 24.3 Å². The van der Waals surface area contributed by atoms with Gasteiger partial charge in [-0.1, -0.05) is 0 Å². The van der Waals surface area contributed by atoms with Crippen LogP contribution in [0.3, 0.4) is 0 Å². The normalized spacial score (nSPS) is 10.4. The number of rotatable bonds is 1. The molecule has 5 heteroatoms. The van der Waals surface area contributed by atoms with Gasteiger partial charge in [-0.15, -0.1) is 0 Å². The molecule has 72 valence electrons. The van der Waals surface area contributed by atoms with Crippen LogP contribution >= 0.6 is 0 Å². The standard InChI is InChI=1S/C9H8FN3O/c10-6-1-3-7(4-2-6)13-9(14)8(11)5-12-13/h1-5,12H,11H2. The number of aromatic amines is 1. The van der Waals surface area contributed by atoms with E-state index in [1.165, 1.54) is 35.1 Å². The van der Waals surface area contributed by atoms with E-state index in [1.54, 1.807) is 0 Å². The van der Waals surface area contributed by atoms with E-state index in [2.05, 4.69) is 5.10 Å². The van der Waals surface area contributed by atoms with Crippen LogP contribution in [0.1, 0.15) is 0 Å². The maximum atomic E-state index is 12.6. The predicted octanol–water partition coefficient (Wildman–Crippen LogP) is 0.887. The Labute approximate surface area is 78.8 Å². The average molecular weight is 193 g/mol. The second-order valence-corrected chi connectivity index (χ2v) is 2.85. The lowest BCUT2D eigenvalue weighted by Gasteiger charge is -1.99. The van der Waals surface area contributed by atoms with Gasteiger partial charge in [-0.3, -0.25) is 9.89 Å². The highest BCUT2D eigenvalue weighted by molar-refractivity contribution is 5.38. The summed E-state index contributed by atoms with van der Waals surface area (Å²) in [6.45, 7) is 0. The molecule has 0 aliphatic rings. The molecule has 2 rings (SSSR count). The summed E-state index contributed by atoms with van der Waals surface area (Å²) in [5.74, 6) is -0.346. The molecule has 0 aliphatic carbocycles. The van der Waals surface area contributed by atoms with Gasteiger partial charge >= 0.3 is 0 Å². The SMILES string of the molecule is Nc1c[nH]n(-c2ccc(F)cc2)c1=O. The summed E-state index contributed by atoms with van der Waals surface area (Å²) in [6.07, 6.45) is 1.39. The first-order valence-electron chi connectivity index (χ1n) is 4.00. The van der Waals surface area contributed by atoms with Crippen LogP contribution in [0.2, 0.25) is 0 Å². The highest BCUT2D eigenvalue weighted by atomic mass is 19.1. The molecule has 0 amide bonds. The molecule has 0 saturated carbocycles. The van der Waals surface area contributed by atoms with Gasteiger partial charge in [0.05, 0.1) is 5.69 Å². The Bertz CT molecular complexity index is 498. The first-order chi connectivity index (χ1) is 6.68. The Kier molecular flexibility index (Phi) is 1.85. The second-order valence-electron chi connectivity index (χ2n) is 2.85. The van der Waals surface area contributed by atoms with E-state index in [0.29, 0.717) is 5.69 Å². The Morgan fingerprint density at radius 1 is 1.29 bits per heavy atom. The number of aromatic nitrogens is 2. The number of nitrogen functional groups attached to an aromatic ring is 1. The van der Waals surface area contributed by atoms with Crippen LogP contribution in [-0.4, -0.2) is 9.78 Å². The van der Waals surface area contributed by atoms with E-state index in [-0.39, 0.29) is 17.1 Å². The molecule has 1 heterocycles. The quantitative estimate of drug-likeness (QED) is 0.706. The molecule has 0 spiro atoms. The third-order valence-corrected chi connectivity index (χ3v) is 1.88. The maximum Gasteiger partial charge on any atom is 0.294 e. The number of nitrogens with two attached hydrogens (primary N) is 1. The zero-order chi connectivity index (χ0) is 10.1.